The van der Waals surface area contributed by atoms with Crippen molar-refractivity contribution in [1.29, 1.82) is 0 Å². The zero-order chi connectivity index (χ0) is 47.0. The molecule has 1 saturated carbocycles. The second kappa shape index (κ2) is 28.3. The van der Waals surface area contributed by atoms with Crippen LogP contribution in [-0.2, 0) is 60.8 Å². The van der Waals surface area contributed by atoms with E-state index in [9.17, 15) is 29.4 Å². The van der Waals surface area contributed by atoms with Crippen molar-refractivity contribution in [2.75, 3.05) is 34.0 Å². The van der Waals surface area contributed by atoms with Crippen molar-refractivity contribution in [3.05, 3.63) is 89.5 Å². The Kier molecular flexibility index (Phi) is 23.8. The third kappa shape index (κ3) is 18.9. The fourth-order valence-corrected chi connectivity index (χ4v) is 7.70. The molecular weight excluding hydrogens is 825 g/mol. The van der Waals surface area contributed by atoms with E-state index in [0.717, 1.165) is 42.6 Å². The van der Waals surface area contributed by atoms with Crippen molar-refractivity contribution >= 4 is 23.9 Å². The van der Waals surface area contributed by atoms with Gasteiger partial charge in [0.15, 0.2) is 6.10 Å². The third-order valence-corrected chi connectivity index (χ3v) is 11.6. The SMILES string of the molecule is CCCCCCCC(=O)O[C@H]1C(=CC(=O)OC)CC(C[C@@H](OCc2ccc(OC)cc2)[C@@H](C)OCc2ccccc2)C[C@@]1(O)C(C)(C)C=CC(=O)OCCCOCC[C@@H](O)CC(=O)O. The molecule has 0 amide bonds. The summed E-state index contributed by atoms with van der Waals surface area (Å²) in [5.74, 6) is -2.53. The number of benzene rings is 2. The van der Waals surface area contributed by atoms with Crippen LogP contribution in [-0.4, -0.2) is 103 Å². The molecule has 2 aromatic rings. The van der Waals surface area contributed by atoms with Crippen LogP contribution in [0.1, 0.15) is 116 Å². The number of hydrogen-bond acceptors (Lipinski definition) is 13. The van der Waals surface area contributed by atoms with Crippen LogP contribution in [0.5, 0.6) is 5.75 Å². The Morgan fingerprint density at radius 3 is 2.23 bits per heavy atom. The number of aliphatic hydroxyl groups is 2. The first-order chi connectivity index (χ1) is 30.6. The van der Waals surface area contributed by atoms with E-state index in [1.165, 1.54) is 19.3 Å². The van der Waals surface area contributed by atoms with Crippen LogP contribution in [0.4, 0.5) is 0 Å². The molecule has 64 heavy (non-hydrogen) atoms. The molecule has 3 rings (SSSR count). The van der Waals surface area contributed by atoms with E-state index in [1.54, 1.807) is 27.0 Å². The second-order valence-electron chi connectivity index (χ2n) is 17.1. The molecule has 356 valence electrons. The number of aliphatic carboxylic acids is 1. The van der Waals surface area contributed by atoms with Gasteiger partial charge in [-0.25, -0.2) is 9.59 Å². The Hall–Kier alpha value is -4.60. The van der Waals surface area contributed by atoms with Crippen LogP contribution >= 0.6 is 0 Å². The molecule has 1 fully saturated rings. The van der Waals surface area contributed by atoms with Crippen molar-refractivity contribution < 1.29 is 67.7 Å². The van der Waals surface area contributed by atoms with E-state index in [-0.39, 0.29) is 64.4 Å². The van der Waals surface area contributed by atoms with Crippen LogP contribution < -0.4 is 4.74 Å². The Labute approximate surface area is 379 Å². The molecular formula is C50H72O14. The third-order valence-electron chi connectivity index (χ3n) is 11.6. The van der Waals surface area contributed by atoms with E-state index < -0.39 is 59.3 Å². The summed E-state index contributed by atoms with van der Waals surface area (Å²) in [4.78, 5) is 50.3. The number of unbranched alkanes of at least 4 members (excludes halogenated alkanes) is 4. The first-order valence-corrected chi connectivity index (χ1v) is 22.5. The lowest BCUT2D eigenvalue weighted by atomic mass is 9.60. The number of hydrogen-bond donors (Lipinski definition) is 3. The standard InChI is InChI=1S/C50H72O14/c1-7-8-9-10-14-18-46(55)64-48-40(31-47(56)59-6)29-39(30-43(36(2)62-34-37-16-12-11-13-17-37)63-35-38-19-21-42(58-5)22-20-38)33-50(48,57)49(3,4)25-23-45(54)61-27-15-26-60-28-24-41(51)32-44(52)53/h11-13,16-17,19-23,25,31,36,39,41,43,48,51,57H,7-10,14-15,18,24,26-30,32-35H2,1-6H3,(H,52,53)/t36-,39?,41-,43-,48+,50+/m1/s1. The highest BCUT2D eigenvalue weighted by molar-refractivity contribution is 5.83. The largest absolute Gasteiger partial charge is 0.497 e. The number of esters is 3. The van der Waals surface area contributed by atoms with Crippen LogP contribution in [0.15, 0.2) is 78.4 Å². The minimum absolute atomic E-state index is 0.0283. The average Bonchev–Trinajstić information content (AvgIpc) is 3.27. The van der Waals surface area contributed by atoms with Crippen molar-refractivity contribution in [1.82, 2.24) is 0 Å². The number of aliphatic hydroxyl groups excluding tert-OH is 1. The molecule has 0 radical (unpaired) electrons. The van der Waals surface area contributed by atoms with Gasteiger partial charge in [-0.3, -0.25) is 9.59 Å². The Balaban J connectivity index is 1.90. The normalized spacial score (nSPS) is 19.8. The van der Waals surface area contributed by atoms with Crippen LogP contribution in [0, 0.1) is 11.3 Å². The Bertz CT molecular complexity index is 1760. The molecule has 14 nitrogen and oxygen atoms in total. The summed E-state index contributed by atoms with van der Waals surface area (Å²) in [6.45, 7) is 8.59. The quantitative estimate of drug-likeness (QED) is 0.0297. The van der Waals surface area contributed by atoms with Gasteiger partial charge in [0.25, 0.3) is 0 Å². The van der Waals surface area contributed by atoms with Gasteiger partial charge in [-0.05, 0) is 73.8 Å². The summed E-state index contributed by atoms with van der Waals surface area (Å²) in [5, 5.41) is 31.6. The van der Waals surface area contributed by atoms with Crippen molar-refractivity contribution in [3.63, 3.8) is 0 Å². The molecule has 1 aliphatic rings. The lowest BCUT2D eigenvalue weighted by molar-refractivity contribution is -0.185. The predicted molar refractivity (Wildman–Crippen MR) is 240 cm³/mol. The zero-order valence-corrected chi connectivity index (χ0v) is 38.7. The summed E-state index contributed by atoms with van der Waals surface area (Å²) in [7, 11) is 2.87. The first kappa shape index (κ1) is 53.7. The highest BCUT2D eigenvalue weighted by Gasteiger charge is 2.56. The minimum Gasteiger partial charge on any atom is -0.497 e. The van der Waals surface area contributed by atoms with Gasteiger partial charge in [0, 0.05) is 43.6 Å². The van der Waals surface area contributed by atoms with Crippen LogP contribution in [0.2, 0.25) is 0 Å². The molecule has 0 aliphatic heterocycles. The van der Waals surface area contributed by atoms with E-state index in [4.69, 9.17) is 38.3 Å². The molecule has 1 unspecified atom stereocenters. The second-order valence-corrected chi connectivity index (χ2v) is 17.1. The minimum atomic E-state index is -1.84. The maximum absolute atomic E-state index is 13.6. The maximum Gasteiger partial charge on any atom is 0.330 e. The molecule has 3 N–H and O–H groups in total. The van der Waals surface area contributed by atoms with Gasteiger partial charge in [-0.2, -0.15) is 0 Å². The molecule has 14 heteroatoms. The van der Waals surface area contributed by atoms with Crippen LogP contribution in [0.3, 0.4) is 0 Å². The molecule has 0 heterocycles. The average molecular weight is 897 g/mol. The number of ether oxygens (including phenoxy) is 7. The van der Waals surface area contributed by atoms with Crippen molar-refractivity contribution in [3.8, 4) is 5.75 Å². The predicted octanol–water partition coefficient (Wildman–Crippen LogP) is 7.85. The first-order valence-electron chi connectivity index (χ1n) is 22.5. The van der Waals surface area contributed by atoms with Crippen LogP contribution in [0.25, 0.3) is 0 Å². The summed E-state index contributed by atoms with van der Waals surface area (Å²) < 4.78 is 40.5. The number of methoxy groups -OCH3 is 2. The van der Waals surface area contributed by atoms with Crippen molar-refractivity contribution in [2.24, 2.45) is 11.3 Å². The molecule has 1 aliphatic carbocycles. The number of rotatable bonds is 30. The van der Waals surface area contributed by atoms with E-state index in [2.05, 4.69) is 6.92 Å². The van der Waals surface area contributed by atoms with E-state index in [1.807, 2.05) is 61.5 Å². The molecule has 6 atom stereocenters. The van der Waals surface area contributed by atoms with Gasteiger partial charge < -0.3 is 48.5 Å². The highest BCUT2D eigenvalue weighted by Crippen LogP contribution is 2.50. The van der Waals surface area contributed by atoms with Gasteiger partial charge in [-0.1, -0.05) is 95.0 Å². The monoisotopic (exact) mass is 896 g/mol. The molecule has 0 spiro atoms. The lowest BCUT2D eigenvalue weighted by Gasteiger charge is -2.51. The molecule has 0 aromatic heterocycles. The van der Waals surface area contributed by atoms with E-state index >= 15 is 0 Å². The number of carbonyl (C=O) groups is 4. The van der Waals surface area contributed by atoms with Gasteiger partial charge in [0.05, 0.1) is 58.8 Å². The fourth-order valence-electron chi connectivity index (χ4n) is 7.70. The van der Waals surface area contributed by atoms with Crippen molar-refractivity contribution in [2.45, 2.75) is 148 Å². The molecule has 0 saturated heterocycles. The van der Waals surface area contributed by atoms with Gasteiger partial charge >= 0.3 is 23.9 Å². The Morgan fingerprint density at radius 1 is 0.875 bits per heavy atom. The van der Waals surface area contributed by atoms with E-state index in [0.29, 0.717) is 31.4 Å². The van der Waals surface area contributed by atoms with Gasteiger partial charge in [-0.15, -0.1) is 0 Å². The number of carbonyl (C=O) groups excluding carboxylic acids is 3. The van der Waals surface area contributed by atoms with Gasteiger partial charge in [0.2, 0.25) is 0 Å². The van der Waals surface area contributed by atoms with Gasteiger partial charge in [0.1, 0.15) is 11.4 Å². The lowest BCUT2D eigenvalue weighted by Crippen LogP contribution is -2.59. The zero-order valence-electron chi connectivity index (χ0n) is 38.7. The Morgan fingerprint density at radius 2 is 1.56 bits per heavy atom. The number of carboxylic acids is 1. The summed E-state index contributed by atoms with van der Waals surface area (Å²) >= 11 is 0. The summed E-state index contributed by atoms with van der Waals surface area (Å²) in [6.07, 6.45) is 6.58. The maximum atomic E-state index is 13.6. The topological polar surface area (TPSA) is 194 Å². The summed E-state index contributed by atoms with van der Waals surface area (Å²) in [5.41, 5.74) is -0.762. The summed E-state index contributed by atoms with van der Waals surface area (Å²) in [6, 6.07) is 17.4. The fraction of sp³-hybridized carbons (Fsp3) is 0.600. The number of carboxylic acid groups (broad SMARTS) is 1. The highest BCUT2D eigenvalue weighted by atomic mass is 16.6. The smallest absolute Gasteiger partial charge is 0.330 e. The molecule has 2 aromatic carbocycles. The molecule has 0 bridgehead atoms.